The van der Waals surface area contributed by atoms with Crippen LogP contribution in [0, 0.1) is 11.8 Å². The monoisotopic (exact) mass is 394 g/mol. The standard InChI is InChI=1S/C22H19ClN2O3/c1-13-6-11-16-17(12-13)22(28)25(21(16)27)15-9-7-14(8-10-15)20(26)24-19-5-3-2-4-18(19)23/h2-10,16-17H,11-12H2,1H3,(H,24,26)/t16-,17-/m0/s1. The van der Waals surface area contributed by atoms with E-state index in [-0.39, 0.29) is 29.6 Å². The summed E-state index contributed by atoms with van der Waals surface area (Å²) in [5, 5.41) is 3.20. The fraction of sp³-hybridized carbons (Fsp3) is 0.227. The number of hydrogen-bond donors (Lipinski definition) is 1. The van der Waals surface area contributed by atoms with Gasteiger partial charge in [-0.2, -0.15) is 0 Å². The number of imide groups is 1. The van der Waals surface area contributed by atoms with Gasteiger partial charge in [-0.05, 0) is 56.2 Å². The molecule has 1 aliphatic heterocycles. The van der Waals surface area contributed by atoms with Crippen molar-refractivity contribution in [3.05, 3.63) is 70.8 Å². The third kappa shape index (κ3) is 3.22. The van der Waals surface area contributed by atoms with E-state index in [1.165, 1.54) is 4.90 Å². The number of halogens is 1. The number of benzene rings is 2. The topological polar surface area (TPSA) is 66.5 Å². The lowest BCUT2D eigenvalue weighted by Gasteiger charge is -2.18. The molecule has 1 N–H and O–H groups in total. The maximum absolute atomic E-state index is 12.8. The van der Waals surface area contributed by atoms with Gasteiger partial charge in [0.1, 0.15) is 0 Å². The Morgan fingerprint density at radius 1 is 1.04 bits per heavy atom. The predicted octanol–water partition coefficient (Wildman–Crippen LogP) is 4.44. The largest absolute Gasteiger partial charge is 0.321 e. The molecular weight excluding hydrogens is 376 g/mol. The van der Waals surface area contributed by atoms with Crippen LogP contribution in [-0.4, -0.2) is 17.7 Å². The minimum Gasteiger partial charge on any atom is -0.321 e. The smallest absolute Gasteiger partial charge is 0.255 e. The summed E-state index contributed by atoms with van der Waals surface area (Å²) in [5.74, 6) is -1.19. The Morgan fingerprint density at radius 3 is 2.43 bits per heavy atom. The maximum atomic E-state index is 12.8. The van der Waals surface area contributed by atoms with Crippen molar-refractivity contribution < 1.29 is 14.4 Å². The molecule has 1 aliphatic carbocycles. The number of amides is 3. The molecule has 4 rings (SSSR count). The van der Waals surface area contributed by atoms with Gasteiger partial charge in [0.2, 0.25) is 11.8 Å². The van der Waals surface area contributed by atoms with Gasteiger partial charge < -0.3 is 5.32 Å². The predicted molar refractivity (Wildman–Crippen MR) is 108 cm³/mol. The van der Waals surface area contributed by atoms with Crippen molar-refractivity contribution in [1.82, 2.24) is 0 Å². The lowest BCUT2D eigenvalue weighted by Crippen LogP contribution is -2.30. The van der Waals surface area contributed by atoms with Crippen LogP contribution in [0.2, 0.25) is 5.02 Å². The van der Waals surface area contributed by atoms with E-state index in [1.54, 1.807) is 48.5 Å². The molecule has 1 saturated heterocycles. The molecule has 2 aromatic rings. The van der Waals surface area contributed by atoms with E-state index in [4.69, 9.17) is 11.6 Å². The van der Waals surface area contributed by atoms with Crippen molar-refractivity contribution in [1.29, 1.82) is 0 Å². The number of para-hydroxylation sites is 1. The zero-order valence-corrected chi connectivity index (χ0v) is 16.1. The summed E-state index contributed by atoms with van der Waals surface area (Å²) in [6, 6.07) is 13.5. The number of nitrogens with one attached hydrogen (secondary N) is 1. The normalized spacial score (nSPS) is 21.4. The third-order valence-electron chi connectivity index (χ3n) is 5.33. The number of anilines is 2. The molecule has 1 heterocycles. The van der Waals surface area contributed by atoms with Gasteiger partial charge in [-0.1, -0.05) is 35.4 Å². The minimum absolute atomic E-state index is 0.157. The first-order valence-electron chi connectivity index (χ1n) is 9.15. The van der Waals surface area contributed by atoms with Crippen molar-refractivity contribution in [2.45, 2.75) is 19.8 Å². The van der Waals surface area contributed by atoms with Crippen LogP contribution < -0.4 is 10.2 Å². The molecule has 0 spiro atoms. The van der Waals surface area contributed by atoms with Gasteiger partial charge in [0.15, 0.2) is 0 Å². The first-order chi connectivity index (χ1) is 13.5. The summed E-state index contributed by atoms with van der Waals surface area (Å²) in [7, 11) is 0. The third-order valence-corrected chi connectivity index (χ3v) is 5.66. The van der Waals surface area contributed by atoms with Crippen LogP contribution in [0.1, 0.15) is 30.1 Å². The molecule has 6 heteroatoms. The summed E-state index contributed by atoms with van der Waals surface area (Å²) in [6.07, 6.45) is 3.28. The van der Waals surface area contributed by atoms with Crippen molar-refractivity contribution >= 4 is 40.7 Å². The Bertz CT molecular complexity index is 997. The Labute approximate surface area is 168 Å². The van der Waals surface area contributed by atoms with E-state index in [1.807, 2.05) is 13.0 Å². The van der Waals surface area contributed by atoms with Crippen molar-refractivity contribution in [3.63, 3.8) is 0 Å². The second kappa shape index (κ2) is 7.24. The van der Waals surface area contributed by atoms with E-state index in [0.717, 1.165) is 5.57 Å². The number of rotatable bonds is 3. The lowest BCUT2D eigenvalue weighted by atomic mass is 9.82. The van der Waals surface area contributed by atoms with Gasteiger partial charge in [0.25, 0.3) is 5.91 Å². The van der Waals surface area contributed by atoms with Gasteiger partial charge in [0, 0.05) is 5.56 Å². The second-order valence-electron chi connectivity index (χ2n) is 7.20. The summed E-state index contributed by atoms with van der Waals surface area (Å²) < 4.78 is 0. The van der Waals surface area contributed by atoms with Gasteiger partial charge >= 0.3 is 0 Å². The zero-order valence-electron chi connectivity index (χ0n) is 15.3. The van der Waals surface area contributed by atoms with Gasteiger partial charge in [-0.25, -0.2) is 0 Å². The van der Waals surface area contributed by atoms with Crippen molar-refractivity contribution in [3.8, 4) is 0 Å². The second-order valence-corrected chi connectivity index (χ2v) is 7.60. The number of carbonyl (C=O) groups excluding carboxylic acids is 3. The maximum Gasteiger partial charge on any atom is 0.255 e. The number of hydrogen-bond acceptors (Lipinski definition) is 3. The molecule has 2 atom stereocenters. The Balaban J connectivity index is 1.52. The molecule has 0 aromatic heterocycles. The van der Waals surface area contributed by atoms with Gasteiger partial charge in [0.05, 0.1) is 28.2 Å². The van der Waals surface area contributed by atoms with Crippen LogP contribution in [0.3, 0.4) is 0 Å². The zero-order chi connectivity index (χ0) is 19.8. The molecule has 0 radical (unpaired) electrons. The first-order valence-corrected chi connectivity index (χ1v) is 9.53. The molecular formula is C22H19ClN2O3. The van der Waals surface area contributed by atoms with Crippen LogP contribution in [0.5, 0.6) is 0 Å². The molecule has 5 nitrogen and oxygen atoms in total. The highest BCUT2D eigenvalue weighted by Gasteiger charge is 2.48. The number of carbonyl (C=O) groups is 3. The molecule has 28 heavy (non-hydrogen) atoms. The highest BCUT2D eigenvalue weighted by atomic mass is 35.5. The Hall–Kier alpha value is -2.92. The van der Waals surface area contributed by atoms with Gasteiger partial charge in [-0.3, -0.25) is 19.3 Å². The molecule has 1 fully saturated rings. The SMILES string of the molecule is CC1=CC[C@@H]2C(=O)N(c3ccc(C(=O)Nc4ccccc4Cl)cc3)C(=O)[C@H]2C1. The first kappa shape index (κ1) is 18.4. The summed E-state index contributed by atoms with van der Waals surface area (Å²) in [6.45, 7) is 1.99. The molecule has 2 aromatic carbocycles. The molecule has 0 bridgehead atoms. The summed E-state index contributed by atoms with van der Waals surface area (Å²) in [5.41, 5.74) is 2.58. The van der Waals surface area contributed by atoms with E-state index in [9.17, 15) is 14.4 Å². The van der Waals surface area contributed by atoms with Crippen LogP contribution in [0.25, 0.3) is 0 Å². The van der Waals surface area contributed by atoms with E-state index in [2.05, 4.69) is 5.32 Å². The van der Waals surface area contributed by atoms with Crippen molar-refractivity contribution in [2.24, 2.45) is 11.8 Å². The lowest BCUT2D eigenvalue weighted by molar-refractivity contribution is -0.122. The molecule has 142 valence electrons. The number of fused-ring (bicyclic) bond motifs is 1. The fourth-order valence-corrected chi connectivity index (χ4v) is 3.99. The molecule has 0 unspecified atom stereocenters. The van der Waals surface area contributed by atoms with Crippen LogP contribution >= 0.6 is 11.6 Å². The molecule has 0 saturated carbocycles. The van der Waals surface area contributed by atoms with Crippen LogP contribution in [0.4, 0.5) is 11.4 Å². The summed E-state index contributed by atoms with van der Waals surface area (Å²) >= 11 is 6.07. The van der Waals surface area contributed by atoms with Crippen LogP contribution in [-0.2, 0) is 9.59 Å². The van der Waals surface area contributed by atoms with E-state index < -0.39 is 0 Å². The average Bonchev–Trinajstić information content (AvgIpc) is 2.93. The van der Waals surface area contributed by atoms with E-state index >= 15 is 0 Å². The molecule has 2 aliphatic rings. The average molecular weight is 395 g/mol. The quantitative estimate of drug-likeness (QED) is 0.618. The van der Waals surface area contributed by atoms with Gasteiger partial charge in [-0.15, -0.1) is 0 Å². The van der Waals surface area contributed by atoms with Crippen molar-refractivity contribution in [2.75, 3.05) is 10.2 Å². The summed E-state index contributed by atoms with van der Waals surface area (Å²) in [4.78, 5) is 39.2. The molecule has 3 amide bonds. The number of nitrogens with zero attached hydrogens (tertiary/aromatic N) is 1. The number of allylic oxidation sites excluding steroid dienone is 2. The van der Waals surface area contributed by atoms with E-state index in [0.29, 0.717) is 34.8 Å². The minimum atomic E-state index is -0.313. The van der Waals surface area contributed by atoms with Crippen LogP contribution in [0.15, 0.2) is 60.2 Å². The highest BCUT2D eigenvalue weighted by molar-refractivity contribution is 6.33. The Morgan fingerprint density at radius 2 is 1.71 bits per heavy atom. The fourth-order valence-electron chi connectivity index (χ4n) is 3.81. The highest BCUT2D eigenvalue weighted by Crippen LogP contribution is 2.39. The Kier molecular flexibility index (Phi) is 4.77.